The molecule has 76 valence electrons. The van der Waals surface area contributed by atoms with Crippen molar-refractivity contribution in [3.05, 3.63) is 28.6 Å². The second kappa shape index (κ2) is 4.22. The molecule has 0 unspecified atom stereocenters. The maximum absolute atomic E-state index is 11.6. The van der Waals surface area contributed by atoms with Gasteiger partial charge >= 0.3 is 0 Å². The fourth-order valence-electron chi connectivity index (χ4n) is 1.32. The minimum atomic E-state index is -0.0897. The van der Waals surface area contributed by atoms with E-state index in [-0.39, 0.29) is 5.91 Å². The quantitative estimate of drug-likeness (QED) is 0.775. The van der Waals surface area contributed by atoms with Crippen molar-refractivity contribution in [3.8, 4) is 0 Å². The second-order valence-electron chi connectivity index (χ2n) is 3.42. The average molecular weight is 192 g/mol. The largest absolute Gasteiger partial charge is 0.351 e. The number of nitrogens with one attached hydrogen (secondary N) is 1. The number of rotatable bonds is 2. The number of amides is 1. The number of carbonyl (C=O) groups excluding carboxylic acids is 1. The van der Waals surface area contributed by atoms with E-state index in [0.29, 0.717) is 12.2 Å². The van der Waals surface area contributed by atoms with Crippen LogP contribution in [0.5, 0.6) is 0 Å². The summed E-state index contributed by atoms with van der Waals surface area (Å²) in [5.74, 6) is -0.0897. The lowest BCUT2D eigenvalue weighted by Gasteiger charge is -2.07. The SMILES string of the molecule is CCNC(=O)c1nc(C)c(C)cc1C. The molecular weight excluding hydrogens is 176 g/mol. The van der Waals surface area contributed by atoms with Crippen molar-refractivity contribution in [2.45, 2.75) is 27.7 Å². The first kappa shape index (κ1) is 10.7. The summed E-state index contributed by atoms with van der Waals surface area (Å²) < 4.78 is 0. The van der Waals surface area contributed by atoms with Crippen LogP contribution in [-0.4, -0.2) is 17.4 Å². The molecule has 0 aliphatic rings. The average Bonchev–Trinajstić information content (AvgIpc) is 2.11. The third kappa shape index (κ3) is 2.10. The van der Waals surface area contributed by atoms with Crippen LogP contribution >= 0.6 is 0 Å². The summed E-state index contributed by atoms with van der Waals surface area (Å²) in [6, 6.07) is 1.99. The van der Waals surface area contributed by atoms with Gasteiger partial charge in [-0.3, -0.25) is 4.79 Å². The summed E-state index contributed by atoms with van der Waals surface area (Å²) in [5, 5.41) is 2.75. The van der Waals surface area contributed by atoms with E-state index in [1.807, 2.05) is 33.8 Å². The van der Waals surface area contributed by atoms with E-state index >= 15 is 0 Å². The monoisotopic (exact) mass is 192 g/mol. The predicted octanol–water partition coefficient (Wildman–Crippen LogP) is 1.76. The summed E-state index contributed by atoms with van der Waals surface area (Å²) in [4.78, 5) is 15.8. The lowest BCUT2D eigenvalue weighted by molar-refractivity contribution is 0.0950. The molecule has 1 N–H and O–H groups in total. The van der Waals surface area contributed by atoms with E-state index in [2.05, 4.69) is 10.3 Å². The molecule has 0 aromatic carbocycles. The van der Waals surface area contributed by atoms with Crippen LogP contribution in [-0.2, 0) is 0 Å². The van der Waals surface area contributed by atoms with Gasteiger partial charge in [-0.25, -0.2) is 4.98 Å². The lowest BCUT2D eigenvalue weighted by atomic mass is 10.1. The summed E-state index contributed by atoms with van der Waals surface area (Å²) in [5.41, 5.74) is 3.50. The van der Waals surface area contributed by atoms with Crippen molar-refractivity contribution in [2.24, 2.45) is 0 Å². The highest BCUT2D eigenvalue weighted by atomic mass is 16.1. The Morgan fingerprint density at radius 3 is 2.57 bits per heavy atom. The highest BCUT2D eigenvalue weighted by Gasteiger charge is 2.10. The van der Waals surface area contributed by atoms with Gasteiger partial charge in [0.2, 0.25) is 0 Å². The molecule has 1 heterocycles. The molecule has 1 amide bonds. The van der Waals surface area contributed by atoms with E-state index in [1.165, 1.54) is 0 Å². The van der Waals surface area contributed by atoms with Crippen molar-refractivity contribution < 1.29 is 4.79 Å². The summed E-state index contributed by atoms with van der Waals surface area (Å²) in [7, 11) is 0. The molecule has 1 aromatic heterocycles. The van der Waals surface area contributed by atoms with Gasteiger partial charge in [-0.1, -0.05) is 6.07 Å². The number of aromatic nitrogens is 1. The van der Waals surface area contributed by atoms with Gasteiger partial charge in [-0.05, 0) is 38.8 Å². The van der Waals surface area contributed by atoms with Gasteiger partial charge in [0, 0.05) is 12.2 Å². The first-order valence-electron chi connectivity index (χ1n) is 4.79. The molecule has 0 aliphatic heterocycles. The summed E-state index contributed by atoms with van der Waals surface area (Å²) >= 11 is 0. The smallest absolute Gasteiger partial charge is 0.270 e. The van der Waals surface area contributed by atoms with Gasteiger partial charge in [0.25, 0.3) is 5.91 Å². The van der Waals surface area contributed by atoms with E-state index in [0.717, 1.165) is 16.8 Å². The molecular formula is C11H16N2O. The van der Waals surface area contributed by atoms with Crippen LogP contribution in [0.25, 0.3) is 0 Å². The van der Waals surface area contributed by atoms with Crippen molar-refractivity contribution >= 4 is 5.91 Å². The Balaban J connectivity index is 3.09. The fraction of sp³-hybridized carbons (Fsp3) is 0.455. The van der Waals surface area contributed by atoms with Crippen LogP contribution in [0, 0.1) is 20.8 Å². The molecule has 3 nitrogen and oxygen atoms in total. The Bertz CT molecular complexity index is 359. The van der Waals surface area contributed by atoms with Crippen molar-refractivity contribution in [3.63, 3.8) is 0 Å². The van der Waals surface area contributed by atoms with Crippen LogP contribution in [0.4, 0.5) is 0 Å². The van der Waals surface area contributed by atoms with Crippen molar-refractivity contribution in [1.29, 1.82) is 0 Å². The summed E-state index contributed by atoms with van der Waals surface area (Å²) in [6.45, 7) is 8.35. The molecule has 1 rings (SSSR count). The first-order valence-corrected chi connectivity index (χ1v) is 4.79. The van der Waals surface area contributed by atoms with Gasteiger partial charge < -0.3 is 5.32 Å². The van der Waals surface area contributed by atoms with Crippen LogP contribution in [0.15, 0.2) is 6.07 Å². The Hall–Kier alpha value is -1.38. The third-order valence-electron chi connectivity index (χ3n) is 2.21. The Labute approximate surface area is 84.6 Å². The standard InChI is InChI=1S/C11H16N2O/c1-5-12-11(14)10-8(3)6-7(2)9(4)13-10/h6H,5H2,1-4H3,(H,12,14). The van der Waals surface area contributed by atoms with Gasteiger partial charge in [-0.2, -0.15) is 0 Å². The van der Waals surface area contributed by atoms with Crippen LogP contribution < -0.4 is 5.32 Å². The molecule has 14 heavy (non-hydrogen) atoms. The van der Waals surface area contributed by atoms with E-state index in [1.54, 1.807) is 0 Å². The molecule has 1 aromatic rings. The van der Waals surface area contributed by atoms with Gasteiger partial charge in [-0.15, -0.1) is 0 Å². The highest BCUT2D eigenvalue weighted by molar-refractivity contribution is 5.93. The number of nitrogens with zero attached hydrogens (tertiary/aromatic N) is 1. The normalized spacial score (nSPS) is 10.0. The van der Waals surface area contributed by atoms with Crippen molar-refractivity contribution in [1.82, 2.24) is 10.3 Å². The maximum atomic E-state index is 11.6. The minimum absolute atomic E-state index is 0.0897. The zero-order valence-corrected chi connectivity index (χ0v) is 9.14. The second-order valence-corrected chi connectivity index (χ2v) is 3.42. The number of pyridine rings is 1. The predicted molar refractivity (Wildman–Crippen MR) is 56.5 cm³/mol. The first-order chi connectivity index (χ1) is 6.56. The van der Waals surface area contributed by atoms with E-state index < -0.39 is 0 Å². The Morgan fingerprint density at radius 1 is 1.36 bits per heavy atom. The van der Waals surface area contributed by atoms with Gasteiger partial charge in [0.15, 0.2) is 0 Å². The van der Waals surface area contributed by atoms with Gasteiger partial charge in [0.1, 0.15) is 5.69 Å². The van der Waals surface area contributed by atoms with Crippen LogP contribution in [0.2, 0.25) is 0 Å². The molecule has 0 saturated heterocycles. The molecule has 0 radical (unpaired) electrons. The molecule has 0 fully saturated rings. The molecule has 3 heteroatoms. The highest BCUT2D eigenvalue weighted by Crippen LogP contribution is 2.10. The third-order valence-corrected chi connectivity index (χ3v) is 2.21. The van der Waals surface area contributed by atoms with Crippen LogP contribution in [0.1, 0.15) is 34.2 Å². The Morgan fingerprint density at radius 2 is 2.00 bits per heavy atom. The lowest BCUT2D eigenvalue weighted by Crippen LogP contribution is -2.25. The number of aryl methyl sites for hydroxylation is 3. The molecule has 0 bridgehead atoms. The number of carbonyl (C=O) groups is 1. The van der Waals surface area contributed by atoms with Crippen LogP contribution in [0.3, 0.4) is 0 Å². The molecule has 0 aliphatic carbocycles. The molecule has 0 saturated carbocycles. The van der Waals surface area contributed by atoms with Gasteiger partial charge in [0.05, 0.1) is 0 Å². The fourth-order valence-corrected chi connectivity index (χ4v) is 1.32. The zero-order valence-electron chi connectivity index (χ0n) is 9.14. The molecule has 0 atom stereocenters. The Kier molecular flexibility index (Phi) is 3.23. The minimum Gasteiger partial charge on any atom is -0.351 e. The number of hydrogen-bond donors (Lipinski definition) is 1. The molecule has 0 spiro atoms. The van der Waals surface area contributed by atoms with E-state index in [4.69, 9.17) is 0 Å². The summed E-state index contributed by atoms with van der Waals surface area (Å²) in [6.07, 6.45) is 0. The van der Waals surface area contributed by atoms with E-state index in [9.17, 15) is 4.79 Å². The zero-order chi connectivity index (χ0) is 10.7. The topological polar surface area (TPSA) is 42.0 Å². The van der Waals surface area contributed by atoms with Crippen molar-refractivity contribution in [2.75, 3.05) is 6.54 Å². The number of hydrogen-bond acceptors (Lipinski definition) is 2. The maximum Gasteiger partial charge on any atom is 0.270 e.